The molecular weight excluding hydrogens is 120 g/mol. The Hall–Kier alpha value is -0.900. The van der Waals surface area contributed by atoms with Crippen molar-refractivity contribution in [3.05, 3.63) is 0 Å². The molecule has 0 aliphatic carbocycles. The van der Waals surface area contributed by atoms with Crippen molar-refractivity contribution in [1.29, 1.82) is 5.41 Å². The van der Waals surface area contributed by atoms with Crippen LogP contribution in [0.15, 0.2) is 0 Å². The highest BCUT2D eigenvalue weighted by molar-refractivity contribution is 5.87. The van der Waals surface area contributed by atoms with Crippen LogP contribution >= 0.6 is 0 Å². The summed E-state index contributed by atoms with van der Waals surface area (Å²) in [5, 5.41) is 14.8. The number of hydrogen-bond acceptors (Lipinski definition) is 3. The van der Waals surface area contributed by atoms with Gasteiger partial charge >= 0.3 is 5.97 Å². The average molecular weight is 132 g/mol. The molecule has 4 nitrogen and oxygen atoms in total. The van der Waals surface area contributed by atoms with Gasteiger partial charge in [0, 0.05) is 6.21 Å². The van der Waals surface area contributed by atoms with Crippen LogP contribution in [0.5, 0.6) is 0 Å². The van der Waals surface area contributed by atoms with Gasteiger partial charge in [0.05, 0.1) is 5.92 Å². The summed E-state index contributed by atoms with van der Waals surface area (Å²) < 4.78 is 0. The van der Waals surface area contributed by atoms with Gasteiger partial charge < -0.3 is 16.7 Å². The fourth-order valence-electron chi connectivity index (χ4n) is 0.364. The molecule has 0 heterocycles. The summed E-state index contributed by atoms with van der Waals surface area (Å²) in [7, 11) is 0. The molecular formula is C5H12N2O2. The van der Waals surface area contributed by atoms with Gasteiger partial charge in [-0.15, -0.1) is 0 Å². The Bertz CT molecular complexity index is 103. The molecule has 0 saturated heterocycles. The second-order valence-corrected chi connectivity index (χ2v) is 1.52. The lowest BCUT2D eigenvalue weighted by Gasteiger charge is -1.97. The molecule has 0 saturated carbocycles. The van der Waals surface area contributed by atoms with Crippen LogP contribution in [0.25, 0.3) is 0 Å². The summed E-state index contributed by atoms with van der Waals surface area (Å²) in [6, 6.07) is 0. The van der Waals surface area contributed by atoms with Crippen molar-refractivity contribution in [3.63, 3.8) is 0 Å². The number of hydrogen-bond donors (Lipinski definition) is 3. The van der Waals surface area contributed by atoms with E-state index < -0.39 is 11.9 Å². The standard InChI is InChI=1S/C5H9NO2.H3N/c1-2-4(3-6)5(7)8;/h3-4,6H,2H2,1H3,(H,7,8);1H3. The summed E-state index contributed by atoms with van der Waals surface area (Å²) >= 11 is 0. The van der Waals surface area contributed by atoms with Crippen LogP contribution in [0.4, 0.5) is 0 Å². The Morgan fingerprint density at radius 1 is 1.89 bits per heavy atom. The molecule has 0 rings (SSSR count). The molecule has 5 N–H and O–H groups in total. The number of carboxylic acid groups (broad SMARTS) is 1. The Kier molecular flexibility index (Phi) is 6.39. The number of aliphatic carboxylic acids is 1. The van der Waals surface area contributed by atoms with Crippen molar-refractivity contribution in [2.75, 3.05) is 0 Å². The summed E-state index contributed by atoms with van der Waals surface area (Å²) in [5.41, 5.74) is 0. The molecule has 0 aromatic rings. The van der Waals surface area contributed by atoms with Crippen LogP contribution < -0.4 is 6.15 Å². The Balaban J connectivity index is 0. The van der Waals surface area contributed by atoms with E-state index in [9.17, 15) is 4.79 Å². The van der Waals surface area contributed by atoms with Gasteiger partial charge in [-0.2, -0.15) is 0 Å². The average Bonchev–Trinajstić information content (AvgIpc) is 1.69. The van der Waals surface area contributed by atoms with E-state index in [0.29, 0.717) is 6.42 Å². The van der Waals surface area contributed by atoms with Gasteiger partial charge in [0.15, 0.2) is 0 Å². The van der Waals surface area contributed by atoms with E-state index in [-0.39, 0.29) is 6.15 Å². The second-order valence-electron chi connectivity index (χ2n) is 1.52. The molecule has 0 radical (unpaired) electrons. The molecule has 1 atom stereocenters. The first-order chi connectivity index (χ1) is 3.72. The minimum Gasteiger partial charge on any atom is -0.481 e. The predicted molar refractivity (Wildman–Crippen MR) is 35.2 cm³/mol. The smallest absolute Gasteiger partial charge is 0.311 e. The molecule has 0 aromatic heterocycles. The highest BCUT2D eigenvalue weighted by Crippen LogP contribution is 1.96. The SMILES string of the molecule is CCC(C=N)C(=O)O.N. The zero-order valence-electron chi connectivity index (χ0n) is 5.42. The number of nitrogens with one attached hydrogen (secondary N) is 1. The molecule has 0 amide bonds. The van der Waals surface area contributed by atoms with E-state index in [2.05, 4.69) is 0 Å². The third kappa shape index (κ3) is 3.66. The Morgan fingerprint density at radius 3 is 2.33 bits per heavy atom. The van der Waals surface area contributed by atoms with Crippen molar-refractivity contribution in [2.45, 2.75) is 13.3 Å². The second kappa shape index (κ2) is 5.24. The minimum atomic E-state index is -0.914. The molecule has 0 bridgehead atoms. The van der Waals surface area contributed by atoms with Gasteiger partial charge in [-0.3, -0.25) is 4.79 Å². The van der Waals surface area contributed by atoms with Gasteiger partial charge in [0.25, 0.3) is 0 Å². The monoisotopic (exact) mass is 132 g/mol. The van der Waals surface area contributed by atoms with Crippen molar-refractivity contribution in [3.8, 4) is 0 Å². The van der Waals surface area contributed by atoms with Crippen LogP contribution in [0, 0.1) is 11.3 Å². The maximum Gasteiger partial charge on any atom is 0.311 e. The first-order valence-corrected chi connectivity index (χ1v) is 2.45. The largest absolute Gasteiger partial charge is 0.481 e. The van der Waals surface area contributed by atoms with E-state index in [0.717, 1.165) is 6.21 Å². The molecule has 54 valence electrons. The van der Waals surface area contributed by atoms with Gasteiger partial charge in [-0.05, 0) is 6.42 Å². The van der Waals surface area contributed by atoms with Gasteiger partial charge in [-0.25, -0.2) is 0 Å². The molecule has 0 aliphatic heterocycles. The van der Waals surface area contributed by atoms with Gasteiger partial charge in [-0.1, -0.05) is 6.92 Å². The topological polar surface area (TPSA) is 96.2 Å². The predicted octanol–water partition coefficient (Wildman–Crippen LogP) is 0.909. The van der Waals surface area contributed by atoms with Crippen LogP contribution in [0.2, 0.25) is 0 Å². The Morgan fingerprint density at radius 2 is 2.33 bits per heavy atom. The molecule has 0 aliphatic rings. The normalized spacial score (nSPS) is 11.2. The lowest BCUT2D eigenvalue weighted by Crippen LogP contribution is -2.12. The molecule has 1 unspecified atom stereocenters. The third-order valence-corrected chi connectivity index (χ3v) is 0.958. The van der Waals surface area contributed by atoms with Crippen LogP contribution in [0.1, 0.15) is 13.3 Å². The fraction of sp³-hybridized carbons (Fsp3) is 0.600. The maximum atomic E-state index is 10.0. The fourth-order valence-corrected chi connectivity index (χ4v) is 0.364. The van der Waals surface area contributed by atoms with Gasteiger partial charge in [0.1, 0.15) is 0 Å². The maximum absolute atomic E-state index is 10.0. The highest BCUT2D eigenvalue weighted by atomic mass is 16.4. The van der Waals surface area contributed by atoms with Crippen molar-refractivity contribution < 1.29 is 9.90 Å². The van der Waals surface area contributed by atoms with Crippen molar-refractivity contribution in [1.82, 2.24) is 6.15 Å². The van der Waals surface area contributed by atoms with Crippen molar-refractivity contribution >= 4 is 12.2 Å². The first kappa shape index (κ1) is 11.0. The van der Waals surface area contributed by atoms with E-state index in [1.165, 1.54) is 0 Å². The number of carbonyl (C=O) groups is 1. The molecule has 0 aromatic carbocycles. The van der Waals surface area contributed by atoms with E-state index in [4.69, 9.17) is 10.5 Å². The Labute approximate surface area is 54.0 Å². The summed E-state index contributed by atoms with van der Waals surface area (Å²) in [6.07, 6.45) is 1.45. The van der Waals surface area contributed by atoms with Crippen LogP contribution in [-0.2, 0) is 4.79 Å². The molecule has 0 fully saturated rings. The highest BCUT2D eigenvalue weighted by Gasteiger charge is 2.09. The lowest BCUT2D eigenvalue weighted by atomic mass is 10.1. The number of rotatable bonds is 3. The minimum absolute atomic E-state index is 0. The van der Waals surface area contributed by atoms with Crippen LogP contribution in [-0.4, -0.2) is 17.3 Å². The molecule has 0 spiro atoms. The molecule has 4 heteroatoms. The quantitative estimate of drug-likeness (QED) is 0.498. The lowest BCUT2D eigenvalue weighted by molar-refractivity contribution is -0.139. The first-order valence-electron chi connectivity index (χ1n) is 2.45. The zero-order chi connectivity index (χ0) is 6.57. The van der Waals surface area contributed by atoms with E-state index >= 15 is 0 Å². The summed E-state index contributed by atoms with van der Waals surface area (Å²) in [6.45, 7) is 1.74. The van der Waals surface area contributed by atoms with Crippen LogP contribution in [0.3, 0.4) is 0 Å². The third-order valence-electron chi connectivity index (χ3n) is 0.958. The molecule has 9 heavy (non-hydrogen) atoms. The van der Waals surface area contributed by atoms with Gasteiger partial charge in [0.2, 0.25) is 0 Å². The number of carboxylic acids is 1. The summed E-state index contributed by atoms with van der Waals surface area (Å²) in [5.74, 6) is -1.50. The van der Waals surface area contributed by atoms with E-state index in [1.54, 1.807) is 6.92 Å². The zero-order valence-corrected chi connectivity index (χ0v) is 5.42. The van der Waals surface area contributed by atoms with Crippen molar-refractivity contribution in [2.24, 2.45) is 5.92 Å². The summed E-state index contributed by atoms with van der Waals surface area (Å²) in [4.78, 5) is 10.0. The van der Waals surface area contributed by atoms with E-state index in [1.807, 2.05) is 0 Å².